The van der Waals surface area contributed by atoms with Gasteiger partial charge in [0, 0.05) is 19.1 Å². The molecule has 1 unspecified atom stereocenters. The number of likely N-dealkylation sites (N-methyl/N-ethyl adjacent to an activating group) is 1. The lowest BCUT2D eigenvalue weighted by molar-refractivity contribution is -0.149. The normalized spacial score (nSPS) is 20.0. The van der Waals surface area contributed by atoms with Crippen molar-refractivity contribution in [1.82, 2.24) is 15.5 Å². The van der Waals surface area contributed by atoms with E-state index in [1.807, 2.05) is 13.8 Å². The van der Waals surface area contributed by atoms with Gasteiger partial charge in [-0.05, 0) is 38.8 Å². The van der Waals surface area contributed by atoms with E-state index in [4.69, 9.17) is 0 Å². The van der Waals surface area contributed by atoms with Crippen molar-refractivity contribution in [2.24, 2.45) is 5.41 Å². The molecule has 122 valence electrons. The Kier molecular flexibility index (Phi) is 6.95. The average molecular weight is 299 g/mol. The summed E-state index contributed by atoms with van der Waals surface area (Å²) in [6.45, 7) is 8.93. The lowest BCUT2D eigenvalue weighted by Gasteiger charge is -2.33. The van der Waals surface area contributed by atoms with E-state index in [1.54, 1.807) is 0 Å². The number of carboxylic acid groups (broad SMARTS) is 1. The first-order valence-electron chi connectivity index (χ1n) is 7.97. The van der Waals surface area contributed by atoms with Crippen molar-refractivity contribution in [2.45, 2.75) is 52.5 Å². The third kappa shape index (κ3) is 4.88. The number of nitrogens with one attached hydrogen (secondary N) is 2. The van der Waals surface area contributed by atoms with Crippen molar-refractivity contribution in [3.05, 3.63) is 0 Å². The smallest absolute Gasteiger partial charge is 0.315 e. The standard InChI is InChI=1S/C15H29N3O3/c1-4-15(5-2,13(19)20)11-16-14(21)17-12-8-7-9-18(6-3)10-12/h12H,4-11H2,1-3H3,(H,19,20)(H2,16,17,21). The first-order chi connectivity index (χ1) is 9.97. The molecule has 0 radical (unpaired) electrons. The Labute approximate surface area is 127 Å². The minimum absolute atomic E-state index is 0.154. The Hall–Kier alpha value is -1.30. The largest absolute Gasteiger partial charge is 0.481 e. The molecule has 0 aromatic rings. The van der Waals surface area contributed by atoms with Gasteiger partial charge in [-0.1, -0.05) is 20.8 Å². The van der Waals surface area contributed by atoms with Crippen LogP contribution in [0.5, 0.6) is 0 Å². The van der Waals surface area contributed by atoms with E-state index in [2.05, 4.69) is 22.5 Å². The number of aliphatic carboxylic acids is 1. The molecule has 0 spiro atoms. The van der Waals surface area contributed by atoms with E-state index in [0.717, 1.165) is 32.5 Å². The molecule has 1 aliphatic rings. The molecule has 1 fully saturated rings. The fourth-order valence-electron chi connectivity index (χ4n) is 2.82. The van der Waals surface area contributed by atoms with E-state index < -0.39 is 11.4 Å². The summed E-state index contributed by atoms with van der Waals surface area (Å²) in [5.41, 5.74) is -0.862. The maximum atomic E-state index is 12.0. The lowest BCUT2D eigenvalue weighted by Crippen LogP contribution is -2.52. The van der Waals surface area contributed by atoms with Gasteiger partial charge in [0.25, 0.3) is 0 Å². The van der Waals surface area contributed by atoms with Crippen molar-refractivity contribution in [3.63, 3.8) is 0 Å². The van der Waals surface area contributed by atoms with Crippen LogP contribution in [0, 0.1) is 5.41 Å². The van der Waals surface area contributed by atoms with Crippen molar-refractivity contribution in [2.75, 3.05) is 26.2 Å². The van der Waals surface area contributed by atoms with E-state index >= 15 is 0 Å². The van der Waals surface area contributed by atoms with Crippen LogP contribution in [0.2, 0.25) is 0 Å². The van der Waals surface area contributed by atoms with Crippen LogP contribution in [0.4, 0.5) is 4.79 Å². The number of urea groups is 1. The van der Waals surface area contributed by atoms with Crippen LogP contribution in [0.15, 0.2) is 0 Å². The van der Waals surface area contributed by atoms with E-state index in [9.17, 15) is 14.7 Å². The fourth-order valence-corrected chi connectivity index (χ4v) is 2.82. The molecule has 0 aromatic heterocycles. The number of carbonyl (C=O) groups excluding carboxylic acids is 1. The third-order valence-corrected chi connectivity index (χ3v) is 4.68. The van der Waals surface area contributed by atoms with Gasteiger partial charge >= 0.3 is 12.0 Å². The molecule has 3 N–H and O–H groups in total. The predicted molar refractivity (Wildman–Crippen MR) is 82.3 cm³/mol. The highest BCUT2D eigenvalue weighted by Crippen LogP contribution is 2.25. The van der Waals surface area contributed by atoms with Crippen molar-refractivity contribution < 1.29 is 14.7 Å². The van der Waals surface area contributed by atoms with E-state index in [-0.39, 0.29) is 18.6 Å². The van der Waals surface area contributed by atoms with Crippen LogP contribution in [-0.4, -0.2) is 54.2 Å². The van der Waals surface area contributed by atoms with Gasteiger partial charge < -0.3 is 20.6 Å². The van der Waals surface area contributed by atoms with Crippen LogP contribution < -0.4 is 10.6 Å². The Morgan fingerprint density at radius 2 is 1.95 bits per heavy atom. The molecular weight excluding hydrogens is 270 g/mol. The molecule has 1 aliphatic heterocycles. The number of carbonyl (C=O) groups is 2. The molecule has 0 aliphatic carbocycles. The van der Waals surface area contributed by atoms with Crippen molar-refractivity contribution in [1.29, 1.82) is 0 Å². The summed E-state index contributed by atoms with van der Waals surface area (Å²) in [5.74, 6) is -0.845. The van der Waals surface area contributed by atoms with Gasteiger partial charge in [-0.2, -0.15) is 0 Å². The summed E-state index contributed by atoms with van der Waals surface area (Å²) in [6.07, 6.45) is 3.08. The SMILES string of the molecule is CCN1CCCC(NC(=O)NCC(CC)(CC)C(=O)O)C1. The molecular formula is C15H29N3O3. The molecule has 1 atom stereocenters. The maximum Gasteiger partial charge on any atom is 0.315 e. The molecule has 1 saturated heterocycles. The van der Waals surface area contributed by atoms with Crippen molar-refractivity contribution >= 4 is 12.0 Å². The molecule has 6 heteroatoms. The first-order valence-corrected chi connectivity index (χ1v) is 7.97. The van der Waals surface area contributed by atoms with Crippen LogP contribution in [-0.2, 0) is 4.79 Å². The fraction of sp³-hybridized carbons (Fsp3) is 0.867. The van der Waals surface area contributed by atoms with Gasteiger partial charge in [0.05, 0.1) is 5.41 Å². The first kappa shape index (κ1) is 17.8. The van der Waals surface area contributed by atoms with Crippen LogP contribution in [0.25, 0.3) is 0 Å². The molecule has 1 heterocycles. The summed E-state index contributed by atoms with van der Waals surface area (Å²) in [7, 11) is 0. The topological polar surface area (TPSA) is 81.7 Å². The Morgan fingerprint density at radius 3 is 2.48 bits per heavy atom. The maximum absolute atomic E-state index is 12.0. The number of hydrogen-bond acceptors (Lipinski definition) is 3. The summed E-state index contributed by atoms with van der Waals surface area (Å²) in [6, 6.07) is -0.105. The monoisotopic (exact) mass is 299 g/mol. The Morgan fingerprint density at radius 1 is 1.29 bits per heavy atom. The van der Waals surface area contributed by atoms with E-state index in [0.29, 0.717) is 12.8 Å². The minimum atomic E-state index is -0.862. The highest BCUT2D eigenvalue weighted by Gasteiger charge is 2.35. The predicted octanol–water partition coefficient (Wildman–Crippen LogP) is 1.66. The van der Waals surface area contributed by atoms with Crippen LogP contribution >= 0.6 is 0 Å². The van der Waals surface area contributed by atoms with Gasteiger partial charge in [0.2, 0.25) is 0 Å². The van der Waals surface area contributed by atoms with Gasteiger partial charge in [0.15, 0.2) is 0 Å². The van der Waals surface area contributed by atoms with Gasteiger partial charge in [0.1, 0.15) is 0 Å². The molecule has 0 aromatic carbocycles. The number of amides is 2. The molecule has 0 saturated carbocycles. The van der Waals surface area contributed by atoms with Gasteiger partial charge in [-0.15, -0.1) is 0 Å². The second-order valence-electron chi connectivity index (χ2n) is 5.85. The zero-order valence-electron chi connectivity index (χ0n) is 13.4. The Balaban J connectivity index is 2.44. The van der Waals surface area contributed by atoms with Crippen molar-refractivity contribution in [3.8, 4) is 0 Å². The van der Waals surface area contributed by atoms with Gasteiger partial charge in [-0.3, -0.25) is 4.79 Å². The lowest BCUT2D eigenvalue weighted by atomic mass is 9.82. The highest BCUT2D eigenvalue weighted by molar-refractivity contribution is 5.78. The molecule has 1 rings (SSSR count). The number of nitrogens with zero attached hydrogens (tertiary/aromatic N) is 1. The summed E-state index contributed by atoms with van der Waals surface area (Å²) in [4.78, 5) is 25.7. The second-order valence-corrected chi connectivity index (χ2v) is 5.85. The average Bonchev–Trinajstić information content (AvgIpc) is 2.48. The van der Waals surface area contributed by atoms with Crippen LogP contribution in [0.1, 0.15) is 46.5 Å². The van der Waals surface area contributed by atoms with Crippen LogP contribution in [0.3, 0.4) is 0 Å². The number of hydrogen-bond donors (Lipinski definition) is 3. The number of piperidine rings is 1. The summed E-state index contributed by atoms with van der Waals surface area (Å²) >= 11 is 0. The third-order valence-electron chi connectivity index (χ3n) is 4.68. The number of carboxylic acids is 1. The molecule has 21 heavy (non-hydrogen) atoms. The number of rotatable bonds is 7. The molecule has 6 nitrogen and oxygen atoms in total. The van der Waals surface area contributed by atoms with E-state index in [1.165, 1.54) is 0 Å². The molecule has 2 amide bonds. The Bertz CT molecular complexity index is 356. The van der Waals surface area contributed by atoms with Gasteiger partial charge in [-0.25, -0.2) is 4.79 Å². The summed E-state index contributed by atoms with van der Waals surface area (Å²) < 4.78 is 0. The quantitative estimate of drug-likeness (QED) is 0.668. The second kappa shape index (κ2) is 8.22. The summed E-state index contributed by atoms with van der Waals surface area (Å²) in [5, 5.41) is 15.0. The highest BCUT2D eigenvalue weighted by atomic mass is 16.4. The zero-order valence-corrected chi connectivity index (χ0v) is 13.4. The number of likely N-dealkylation sites (tertiary alicyclic amines) is 1. The minimum Gasteiger partial charge on any atom is -0.481 e. The molecule has 0 bridgehead atoms. The zero-order chi connectivity index (χ0) is 15.9.